The number of halogens is 1. The van der Waals surface area contributed by atoms with E-state index in [0.29, 0.717) is 0 Å². The third kappa shape index (κ3) is 11.8. The van der Waals surface area contributed by atoms with Crippen molar-refractivity contribution in [2.24, 2.45) is 0 Å². The van der Waals surface area contributed by atoms with E-state index >= 15 is 0 Å². The lowest BCUT2D eigenvalue weighted by atomic mass is 10.2. The second-order valence-electron chi connectivity index (χ2n) is 2.89. The van der Waals surface area contributed by atoms with E-state index in [1.807, 2.05) is 6.92 Å². The van der Waals surface area contributed by atoms with Crippen molar-refractivity contribution in [1.82, 2.24) is 0 Å². The number of alkyl halides is 1. The van der Waals surface area contributed by atoms with Crippen LogP contribution in [-0.2, 0) is 4.74 Å². The summed E-state index contributed by atoms with van der Waals surface area (Å²) in [6, 6.07) is 0. The lowest BCUT2D eigenvalue weighted by molar-refractivity contribution is 0.135. The Labute approximate surface area is 86.8 Å². The maximum absolute atomic E-state index is 5.55. The molecule has 0 aliphatic heterocycles. The lowest BCUT2D eigenvalue weighted by Gasteiger charge is -2.00. The van der Waals surface area contributed by atoms with Crippen LogP contribution in [0.4, 0.5) is 0 Å². The van der Waals surface area contributed by atoms with E-state index in [9.17, 15) is 0 Å². The van der Waals surface area contributed by atoms with Gasteiger partial charge in [-0.25, -0.2) is 0 Å². The fourth-order valence-corrected chi connectivity index (χ4v) is 1.19. The van der Waals surface area contributed by atoms with Gasteiger partial charge in [-0.1, -0.05) is 12.8 Å². The molecule has 0 saturated heterocycles. The van der Waals surface area contributed by atoms with Crippen LogP contribution < -0.4 is 0 Å². The predicted octanol–water partition coefficient (Wildman–Crippen LogP) is 3.22. The van der Waals surface area contributed by atoms with Crippen LogP contribution in [0.3, 0.4) is 0 Å². The Morgan fingerprint density at radius 1 is 1.08 bits per heavy atom. The molecule has 0 aliphatic carbocycles. The van der Waals surface area contributed by atoms with E-state index in [4.69, 9.17) is 16.3 Å². The van der Waals surface area contributed by atoms with Crippen LogP contribution in [0.5, 0.6) is 0 Å². The minimum atomic E-state index is 0.774. The molecule has 0 aromatic heterocycles. The summed E-state index contributed by atoms with van der Waals surface area (Å²) in [5, 5.41) is 0. The zero-order chi connectivity index (χ0) is 9.78. The summed E-state index contributed by atoms with van der Waals surface area (Å²) in [4.78, 5) is 0. The van der Waals surface area contributed by atoms with Gasteiger partial charge in [-0.2, -0.15) is 0 Å². The standard InChI is InChI=1S/C11H19ClO/c1-2-3-7-10-13-11-8-5-4-6-9-12/h4-11H2,1H3. The van der Waals surface area contributed by atoms with E-state index in [1.54, 1.807) is 0 Å². The van der Waals surface area contributed by atoms with Crippen molar-refractivity contribution >= 4 is 11.6 Å². The Bertz CT molecular complexity index is 146. The first kappa shape index (κ1) is 12.8. The third-order valence-electron chi connectivity index (χ3n) is 1.72. The lowest BCUT2D eigenvalue weighted by Crippen LogP contribution is -1.96. The molecule has 0 aliphatic rings. The average Bonchev–Trinajstić information content (AvgIpc) is 2.16. The molecule has 0 saturated carbocycles. The predicted molar refractivity (Wildman–Crippen MR) is 58.1 cm³/mol. The highest BCUT2D eigenvalue weighted by molar-refractivity contribution is 6.17. The van der Waals surface area contributed by atoms with E-state index in [2.05, 4.69) is 11.8 Å². The van der Waals surface area contributed by atoms with Crippen LogP contribution in [0.15, 0.2) is 0 Å². The Morgan fingerprint density at radius 3 is 2.54 bits per heavy atom. The molecule has 0 atom stereocenters. The molecule has 2 heteroatoms. The smallest absolute Gasteiger partial charge is 0.0575 e. The van der Waals surface area contributed by atoms with Crippen LogP contribution in [0.1, 0.15) is 39.0 Å². The van der Waals surface area contributed by atoms with Gasteiger partial charge in [-0.05, 0) is 19.8 Å². The minimum absolute atomic E-state index is 0.774. The Hall–Kier alpha value is -0.190. The van der Waals surface area contributed by atoms with E-state index in [1.165, 1.54) is 12.8 Å². The molecule has 76 valence electrons. The highest BCUT2D eigenvalue weighted by atomic mass is 35.5. The maximum atomic E-state index is 5.55. The zero-order valence-electron chi connectivity index (χ0n) is 8.44. The molecular weight excluding hydrogens is 184 g/mol. The van der Waals surface area contributed by atoms with Crippen molar-refractivity contribution in [2.45, 2.75) is 39.0 Å². The molecule has 0 spiro atoms. The van der Waals surface area contributed by atoms with Gasteiger partial charge in [-0.3, -0.25) is 0 Å². The van der Waals surface area contributed by atoms with Crippen LogP contribution in [0.25, 0.3) is 0 Å². The molecule has 0 bridgehead atoms. The number of unbranched alkanes of at least 4 members (excludes halogenated alkanes) is 3. The van der Waals surface area contributed by atoms with Crippen molar-refractivity contribution < 1.29 is 4.74 Å². The van der Waals surface area contributed by atoms with E-state index < -0.39 is 0 Å². The quantitative estimate of drug-likeness (QED) is 0.334. The number of hydrogen-bond donors (Lipinski definition) is 0. The zero-order valence-corrected chi connectivity index (χ0v) is 9.20. The van der Waals surface area contributed by atoms with Crippen LogP contribution in [-0.4, -0.2) is 19.1 Å². The normalized spacial score (nSPS) is 9.38. The third-order valence-corrected chi connectivity index (χ3v) is 1.99. The molecule has 0 unspecified atom stereocenters. The summed E-state index contributed by atoms with van der Waals surface area (Å²) in [5.41, 5.74) is 0. The fraction of sp³-hybridized carbons (Fsp3) is 0.818. The Kier molecular flexibility index (Phi) is 11.6. The Balaban J connectivity index is 2.86. The van der Waals surface area contributed by atoms with Gasteiger partial charge in [0.1, 0.15) is 0 Å². The van der Waals surface area contributed by atoms with Crippen molar-refractivity contribution in [3.63, 3.8) is 0 Å². The molecule has 0 aromatic carbocycles. The van der Waals surface area contributed by atoms with Gasteiger partial charge in [0.05, 0.1) is 6.61 Å². The fourth-order valence-electron chi connectivity index (χ4n) is 1.00. The van der Waals surface area contributed by atoms with Gasteiger partial charge in [0, 0.05) is 18.9 Å². The summed E-state index contributed by atoms with van der Waals surface area (Å²) in [5.74, 6) is 6.59. The second kappa shape index (κ2) is 11.8. The molecule has 0 N–H and O–H groups in total. The Morgan fingerprint density at radius 2 is 1.85 bits per heavy atom. The molecule has 13 heavy (non-hydrogen) atoms. The van der Waals surface area contributed by atoms with Gasteiger partial charge in [-0.15, -0.1) is 23.4 Å². The van der Waals surface area contributed by atoms with Crippen LogP contribution in [0.2, 0.25) is 0 Å². The van der Waals surface area contributed by atoms with Gasteiger partial charge in [0.2, 0.25) is 0 Å². The molecular formula is C11H19ClO. The summed E-state index contributed by atoms with van der Waals surface area (Å²) < 4.78 is 5.38. The largest absolute Gasteiger partial charge is 0.380 e. The van der Waals surface area contributed by atoms with Crippen LogP contribution in [0, 0.1) is 11.8 Å². The summed E-state index contributed by atoms with van der Waals surface area (Å²) in [6.07, 6.45) is 5.59. The molecule has 1 nitrogen and oxygen atoms in total. The second-order valence-corrected chi connectivity index (χ2v) is 3.27. The topological polar surface area (TPSA) is 9.23 Å². The van der Waals surface area contributed by atoms with Gasteiger partial charge in [0.15, 0.2) is 0 Å². The van der Waals surface area contributed by atoms with Crippen molar-refractivity contribution in [1.29, 1.82) is 0 Å². The first-order chi connectivity index (χ1) is 6.41. The monoisotopic (exact) mass is 202 g/mol. The van der Waals surface area contributed by atoms with Gasteiger partial charge < -0.3 is 4.74 Å². The van der Waals surface area contributed by atoms with Crippen LogP contribution >= 0.6 is 11.6 Å². The summed E-state index contributed by atoms with van der Waals surface area (Å²) in [6.45, 7) is 3.50. The number of ether oxygens (including phenoxy) is 1. The number of hydrogen-bond acceptors (Lipinski definition) is 1. The highest BCUT2D eigenvalue weighted by Crippen LogP contribution is 2.01. The van der Waals surface area contributed by atoms with Crippen molar-refractivity contribution in [3.8, 4) is 11.8 Å². The molecule has 0 fully saturated rings. The highest BCUT2D eigenvalue weighted by Gasteiger charge is 1.89. The molecule has 0 amide bonds. The first-order valence-corrected chi connectivity index (χ1v) is 5.48. The summed E-state index contributed by atoms with van der Waals surface area (Å²) >= 11 is 5.55. The van der Waals surface area contributed by atoms with E-state index in [-0.39, 0.29) is 0 Å². The molecule has 0 rings (SSSR count). The van der Waals surface area contributed by atoms with Gasteiger partial charge in [0.25, 0.3) is 0 Å². The minimum Gasteiger partial charge on any atom is -0.380 e. The van der Waals surface area contributed by atoms with Gasteiger partial charge >= 0.3 is 0 Å². The first-order valence-electron chi connectivity index (χ1n) is 4.95. The van der Waals surface area contributed by atoms with Crippen molar-refractivity contribution in [2.75, 3.05) is 19.1 Å². The SMILES string of the molecule is CC#CCCOCCCCCCCl. The van der Waals surface area contributed by atoms with E-state index in [0.717, 1.165) is 38.4 Å². The summed E-state index contributed by atoms with van der Waals surface area (Å²) in [7, 11) is 0. The van der Waals surface area contributed by atoms with Crippen molar-refractivity contribution in [3.05, 3.63) is 0 Å². The molecule has 0 heterocycles. The molecule has 0 aromatic rings. The average molecular weight is 203 g/mol. The molecule has 0 radical (unpaired) electrons. The maximum Gasteiger partial charge on any atom is 0.0575 e. The number of rotatable bonds is 8.